The lowest BCUT2D eigenvalue weighted by molar-refractivity contribution is -0.150. The summed E-state index contributed by atoms with van der Waals surface area (Å²) in [5, 5.41) is -0.468. The Morgan fingerprint density at radius 3 is 2.33 bits per heavy atom. The highest BCUT2D eigenvalue weighted by atomic mass is 32.2. The summed E-state index contributed by atoms with van der Waals surface area (Å²) in [6.07, 6.45) is 3.10. The Hall–Kier alpha value is -2.28. The first-order valence-corrected chi connectivity index (χ1v) is 9.87. The van der Waals surface area contributed by atoms with E-state index in [1.165, 1.54) is 0 Å². The minimum atomic E-state index is -0.584. The molecule has 0 radical (unpaired) electrons. The molecular weight excluding hydrogens is 366 g/mol. The van der Waals surface area contributed by atoms with Crippen molar-refractivity contribution in [3.05, 3.63) is 34.7 Å². The van der Waals surface area contributed by atoms with Crippen molar-refractivity contribution >= 4 is 35.0 Å². The zero-order chi connectivity index (χ0) is 20.0. The van der Waals surface area contributed by atoms with Gasteiger partial charge in [0.05, 0.1) is 17.1 Å². The van der Waals surface area contributed by atoms with E-state index in [1.807, 2.05) is 45.0 Å². The Morgan fingerprint density at radius 1 is 1.11 bits per heavy atom. The van der Waals surface area contributed by atoms with E-state index in [2.05, 4.69) is 0 Å². The molecule has 146 valence electrons. The van der Waals surface area contributed by atoms with Gasteiger partial charge in [-0.2, -0.15) is 0 Å². The molecule has 0 bridgehead atoms. The number of thioether (sulfide) groups is 1. The summed E-state index contributed by atoms with van der Waals surface area (Å²) in [6, 6.07) is 7.29. The van der Waals surface area contributed by atoms with Crippen LogP contribution in [0.3, 0.4) is 0 Å². The largest absolute Gasteiger partial charge is 0.491 e. The van der Waals surface area contributed by atoms with E-state index < -0.39 is 17.1 Å². The number of carbonyl (C=O) groups is 3. The summed E-state index contributed by atoms with van der Waals surface area (Å²) in [7, 11) is 0. The predicted molar refractivity (Wildman–Crippen MR) is 105 cm³/mol. The van der Waals surface area contributed by atoms with E-state index in [0.29, 0.717) is 6.42 Å². The number of esters is 1. The first kappa shape index (κ1) is 21.0. The van der Waals surface area contributed by atoms with Gasteiger partial charge >= 0.3 is 5.97 Å². The summed E-state index contributed by atoms with van der Waals surface area (Å²) in [6.45, 7) is 7.33. The topological polar surface area (TPSA) is 72.9 Å². The molecule has 6 nitrogen and oxygen atoms in total. The van der Waals surface area contributed by atoms with E-state index in [0.717, 1.165) is 34.4 Å². The van der Waals surface area contributed by atoms with Gasteiger partial charge in [0.2, 0.25) is 0 Å². The summed E-state index contributed by atoms with van der Waals surface area (Å²) in [4.78, 5) is 37.6. The molecule has 1 saturated heterocycles. The highest BCUT2D eigenvalue weighted by Gasteiger charge is 2.36. The highest BCUT2D eigenvalue weighted by molar-refractivity contribution is 8.18. The van der Waals surface area contributed by atoms with Gasteiger partial charge in [-0.1, -0.05) is 26.0 Å². The SMILES string of the molecule is CC[C@@H](C)Oc1ccc(/C=C2\SC(=O)N(CC(=O)O[C@@H](C)CC)C2=O)cc1. The average Bonchev–Trinajstić information content (AvgIpc) is 2.90. The summed E-state index contributed by atoms with van der Waals surface area (Å²) >= 11 is 0.821. The fourth-order valence-corrected chi connectivity index (χ4v) is 3.06. The lowest BCUT2D eigenvalue weighted by Gasteiger charge is -2.14. The van der Waals surface area contributed by atoms with Crippen LogP contribution < -0.4 is 4.74 Å². The van der Waals surface area contributed by atoms with Crippen LogP contribution in [0, 0.1) is 0 Å². The molecule has 1 fully saturated rings. The second kappa shape index (κ2) is 9.60. The molecule has 1 aromatic rings. The second-order valence-corrected chi connectivity index (χ2v) is 7.38. The molecule has 0 N–H and O–H groups in total. The molecule has 0 saturated carbocycles. The smallest absolute Gasteiger partial charge is 0.326 e. The predicted octanol–water partition coefficient (Wildman–Crippen LogP) is 4.24. The number of nitrogens with zero attached hydrogens (tertiary/aromatic N) is 1. The molecule has 1 aliphatic rings. The van der Waals surface area contributed by atoms with Crippen molar-refractivity contribution in [3.63, 3.8) is 0 Å². The van der Waals surface area contributed by atoms with Crippen molar-refractivity contribution < 1.29 is 23.9 Å². The molecule has 7 heteroatoms. The fourth-order valence-electron chi connectivity index (χ4n) is 2.22. The molecular formula is C20H25NO5S. The number of carbonyl (C=O) groups excluding carboxylic acids is 3. The fraction of sp³-hybridized carbons (Fsp3) is 0.450. The van der Waals surface area contributed by atoms with Crippen molar-refractivity contribution in [2.45, 2.75) is 52.7 Å². The van der Waals surface area contributed by atoms with Gasteiger partial charge in [-0.3, -0.25) is 19.3 Å². The maximum atomic E-state index is 12.4. The first-order chi connectivity index (χ1) is 12.8. The van der Waals surface area contributed by atoms with Crippen LogP contribution >= 0.6 is 11.8 Å². The normalized spacial score (nSPS) is 17.9. The lowest BCUT2D eigenvalue weighted by Crippen LogP contribution is -2.35. The van der Waals surface area contributed by atoms with Crippen molar-refractivity contribution in [2.75, 3.05) is 6.54 Å². The summed E-state index contributed by atoms with van der Waals surface area (Å²) < 4.78 is 10.9. The van der Waals surface area contributed by atoms with Crippen LogP contribution in [0.1, 0.15) is 46.1 Å². The van der Waals surface area contributed by atoms with Gasteiger partial charge in [0, 0.05) is 0 Å². The molecule has 0 aromatic heterocycles. The second-order valence-electron chi connectivity index (χ2n) is 6.38. The monoisotopic (exact) mass is 391 g/mol. The maximum absolute atomic E-state index is 12.4. The number of hydrogen-bond acceptors (Lipinski definition) is 6. The van der Waals surface area contributed by atoms with Crippen molar-refractivity contribution in [1.82, 2.24) is 4.90 Å². The minimum Gasteiger partial charge on any atom is -0.491 e. The van der Waals surface area contributed by atoms with Crippen molar-refractivity contribution in [3.8, 4) is 5.75 Å². The van der Waals surface area contributed by atoms with Gasteiger partial charge in [0.25, 0.3) is 11.1 Å². The van der Waals surface area contributed by atoms with E-state index in [9.17, 15) is 14.4 Å². The van der Waals surface area contributed by atoms with Crippen LogP contribution in [0.25, 0.3) is 6.08 Å². The number of benzene rings is 1. The minimum absolute atomic E-state index is 0.127. The standard InChI is InChI=1S/C20H25NO5S/c1-5-13(3)25-16-9-7-15(8-10-16)11-17-19(23)21(20(24)27-17)12-18(22)26-14(4)6-2/h7-11,13-14H,5-6,12H2,1-4H3/b17-11-/t13-,14+/m1/s1. The molecule has 1 aromatic carbocycles. The van der Waals surface area contributed by atoms with Gasteiger partial charge in [-0.05, 0) is 62.2 Å². The van der Waals surface area contributed by atoms with E-state index in [1.54, 1.807) is 13.0 Å². The molecule has 2 atom stereocenters. The molecule has 27 heavy (non-hydrogen) atoms. The van der Waals surface area contributed by atoms with E-state index in [-0.39, 0.29) is 23.7 Å². The van der Waals surface area contributed by atoms with Crippen molar-refractivity contribution in [1.29, 1.82) is 0 Å². The number of hydrogen-bond donors (Lipinski definition) is 0. The van der Waals surface area contributed by atoms with Gasteiger partial charge in [0.1, 0.15) is 12.3 Å². The van der Waals surface area contributed by atoms with Crippen molar-refractivity contribution in [2.24, 2.45) is 0 Å². The Kier molecular flexibility index (Phi) is 7.47. The maximum Gasteiger partial charge on any atom is 0.326 e. The molecule has 0 aliphatic carbocycles. The first-order valence-electron chi connectivity index (χ1n) is 9.05. The number of ether oxygens (including phenoxy) is 2. The Balaban J connectivity index is 2.03. The van der Waals surface area contributed by atoms with Gasteiger partial charge in [-0.15, -0.1) is 0 Å². The molecule has 2 rings (SSSR count). The van der Waals surface area contributed by atoms with Crippen LogP contribution in [0.4, 0.5) is 4.79 Å². The Bertz CT molecular complexity index is 728. The third-order valence-corrected chi connectivity index (χ3v) is 5.07. The molecule has 1 aliphatic heterocycles. The zero-order valence-corrected chi connectivity index (χ0v) is 16.9. The van der Waals surface area contributed by atoms with Crippen LogP contribution in [-0.2, 0) is 14.3 Å². The summed E-state index contributed by atoms with van der Waals surface area (Å²) in [5.74, 6) is -0.312. The van der Waals surface area contributed by atoms with Crippen LogP contribution in [0.15, 0.2) is 29.2 Å². The third kappa shape index (κ3) is 5.85. The van der Waals surface area contributed by atoms with E-state index >= 15 is 0 Å². The number of rotatable bonds is 8. The number of amides is 2. The molecule has 2 amide bonds. The quantitative estimate of drug-likeness (QED) is 0.487. The molecule has 1 heterocycles. The van der Waals surface area contributed by atoms with Crippen LogP contribution in [0.5, 0.6) is 5.75 Å². The average molecular weight is 391 g/mol. The van der Waals surface area contributed by atoms with Gasteiger partial charge in [0.15, 0.2) is 0 Å². The van der Waals surface area contributed by atoms with Gasteiger partial charge in [-0.25, -0.2) is 0 Å². The number of imide groups is 1. The third-order valence-electron chi connectivity index (χ3n) is 4.16. The molecule has 0 spiro atoms. The van der Waals surface area contributed by atoms with Gasteiger partial charge < -0.3 is 9.47 Å². The molecule has 0 unspecified atom stereocenters. The van der Waals surface area contributed by atoms with Crippen LogP contribution in [-0.4, -0.2) is 40.8 Å². The Labute approximate surface area is 163 Å². The summed E-state index contributed by atoms with van der Waals surface area (Å²) in [5.41, 5.74) is 0.777. The van der Waals surface area contributed by atoms with Crippen LogP contribution in [0.2, 0.25) is 0 Å². The Morgan fingerprint density at radius 2 is 1.74 bits per heavy atom. The van der Waals surface area contributed by atoms with E-state index in [4.69, 9.17) is 9.47 Å². The zero-order valence-electron chi connectivity index (χ0n) is 16.1. The lowest BCUT2D eigenvalue weighted by atomic mass is 10.2. The highest BCUT2D eigenvalue weighted by Crippen LogP contribution is 2.32.